The summed E-state index contributed by atoms with van der Waals surface area (Å²) in [6.45, 7) is 5.42. The van der Waals surface area contributed by atoms with Crippen LogP contribution in [0.15, 0.2) is 0 Å². The second kappa shape index (κ2) is 4.34. The van der Waals surface area contributed by atoms with Crippen LogP contribution in [0, 0.1) is 11.8 Å². The first-order valence-electron chi connectivity index (χ1n) is 6.56. The Morgan fingerprint density at radius 2 is 2.06 bits per heavy atom. The SMILES string of the molecule is O=C(NC1CN2CCC1CC2)C1CCNC1. The van der Waals surface area contributed by atoms with Crippen LogP contribution < -0.4 is 10.6 Å². The summed E-state index contributed by atoms with van der Waals surface area (Å²) in [5, 5.41) is 6.52. The van der Waals surface area contributed by atoms with Crippen LogP contribution in [-0.2, 0) is 4.79 Å². The van der Waals surface area contributed by atoms with E-state index in [9.17, 15) is 4.79 Å². The molecule has 0 aromatic rings. The van der Waals surface area contributed by atoms with E-state index in [1.54, 1.807) is 0 Å². The third kappa shape index (κ3) is 1.96. The summed E-state index contributed by atoms with van der Waals surface area (Å²) < 4.78 is 0. The van der Waals surface area contributed by atoms with E-state index in [0.29, 0.717) is 6.04 Å². The molecule has 1 amide bonds. The minimum atomic E-state index is 0.218. The lowest BCUT2D eigenvalue weighted by Gasteiger charge is -2.45. The van der Waals surface area contributed by atoms with E-state index in [4.69, 9.17) is 0 Å². The van der Waals surface area contributed by atoms with Gasteiger partial charge in [0.1, 0.15) is 0 Å². The Labute approximate surface area is 96.8 Å². The molecule has 0 aromatic carbocycles. The molecule has 4 heteroatoms. The van der Waals surface area contributed by atoms with E-state index >= 15 is 0 Å². The average molecular weight is 223 g/mol. The molecule has 4 fully saturated rings. The molecule has 2 N–H and O–H groups in total. The van der Waals surface area contributed by atoms with Crippen molar-refractivity contribution < 1.29 is 4.79 Å². The van der Waals surface area contributed by atoms with Crippen molar-refractivity contribution in [3.63, 3.8) is 0 Å². The largest absolute Gasteiger partial charge is 0.352 e. The quantitative estimate of drug-likeness (QED) is 0.682. The van der Waals surface area contributed by atoms with Crippen molar-refractivity contribution >= 4 is 5.91 Å². The van der Waals surface area contributed by atoms with Gasteiger partial charge in [-0.25, -0.2) is 0 Å². The molecule has 4 aliphatic rings. The van der Waals surface area contributed by atoms with Gasteiger partial charge in [-0.3, -0.25) is 4.79 Å². The maximum atomic E-state index is 12.0. The van der Waals surface area contributed by atoms with Crippen LogP contribution in [0.5, 0.6) is 0 Å². The Morgan fingerprint density at radius 1 is 1.25 bits per heavy atom. The lowest BCUT2D eigenvalue weighted by atomic mass is 9.84. The van der Waals surface area contributed by atoms with Gasteiger partial charge in [0, 0.05) is 19.1 Å². The molecular weight excluding hydrogens is 202 g/mol. The summed E-state index contributed by atoms with van der Waals surface area (Å²) in [5.74, 6) is 1.24. The van der Waals surface area contributed by atoms with E-state index in [2.05, 4.69) is 15.5 Å². The molecule has 0 radical (unpaired) electrons. The van der Waals surface area contributed by atoms with E-state index in [0.717, 1.165) is 32.0 Å². The molecule has 2 unspecified atom stereocenters. The maximum Gasteiger partial charge on any atom is 0.224 e. The fraction of sp³-hybridized carbons (Fsp3) is 0.917. The first-order chi connectivity index (χ1) is 7.83. The van der Waals surface area contributed by atoms with Crippen molar-refractivity contribution in [2.24, 2.45) is 11.8 Å². The Bertz CT molecular complexity index is 267. The topological polar surface area (TPSA) is 44.4 Å². The normalized spacial score (nSPS) is 42.2. The van der Waals surface area contributed by atoms with E-state index < -0.39 is 0 Å². The summed E-state index contributed by atoms with van der Waals surface area (Å²) in [5.41, 5.74) is 0. The summed E-state index contributed by atoms with van der Waals surface area (Å²) in [4.78, 5) is 14.5. The summed E-state index contributed by atoms with van der Waals surface area (Å²) in [7, 11) is 0. The smallest absolute Gasteiger partial charge is 0.224 e. The number of nitrogens with zero attached hydrogens (tertiary/aromatic N) is 1. The first kappa shape index (κ1) is 10.5. The average Bonchev–Trinajstić information content (AvgIpc) is 2.84. The fourth-order valence-corrected chi connectivity index (χ4v) is 3.31. The van der Waals surface area contributed by atoms with Crippen molar-refractivity contribution in [2.75, 3.05) is 32.7 Å². The molecule has 0 aromatic heterocycles. The molecular formula is C12H21N3O. The standard InChI is InChI=1S/C12H21N3O/c16-12(10-1-4-13-7-10)14-11-8-15-5-2-9(11)3-6-15/h9-11,13H,1-8H2,(H,14,16). The highest BCUT2D eigenvalue weighted by atomic mass is 16.2. The van der Waals surface area contributed by atoms with Gasteiger partial charge in [-0.1, -0.05) is 0 Å². The van der Waals surface area contributed by atoms with Crippen molar-refractivity contribution in [1.29, 1.82) is 0 Å². The van der Waals surface area contributed by atoms with E-state index in [1.807, 2.05) is 0 Å². The van der Waals surface area contributed by atoms with Crippen LogP contribution in [-0.4, -0.2) is 49.6 Å². The van der Waals surface area contributed by atoms with E-state index in [1.165, 1.54) is 25.9 Å². The Balaban J connectivity index is 1.56. The number of hydrogen-bond donors (Lipinski definition) is 2. The zero-order valence-electron chi connectivity index (χ0n) is 9.74. The lowest BCUT2D eigenvalue weighted by molar-refractivity contribution is -0.126. The molecule has 0 saturated carbocycles. The van der Waals surface area contributed by atoms with Gasteiger partial charge in [-0.15, -0.1) is 0 Å². The number of fused-ring (bicyclic) bond motifs is 3. The number of nitrogens with one attached hydrogen (secondary N) is 2. The Kier molecular flexibility index (Phi) is 2.86. The minimum Gasteiger partial charge on any atom is -0.352 e. The molecule has 0 aliphatic carbocycles. The van der Waals surface area contributed by atoms with Crippen LogP contribution in [0.3, 0.4) is 0 Å². The summed E-state index contributed by atoms with van der Waals surface area (Å²) >= 11 is 0. The molecule has 4 aliphatic heterocycles. The van der Waals surface area contributed by atoms with Gasteiger partial charge in [0.15, 0.2) is 0 Å². The van der Waals surface area contributed by atoms with Gasteiger partial charge in [0.25, 0.3) is 0 Å². The zero-order chi connectivity index (χ0) is 11.0. The molecule has 0 spiro atoms. The van der Waals surface area contributed by atoms with Crippen LogP contribution in [0.4, 0.5) is 0 Å². The van der Waals surface area contributed by atoms with Gasteiger partial charge in [-0.2, -0.15) is 0 Å². The van der Waals surface area contributed by atoms with Gasteiger partial charge >= 0.3 is 0 Å². The molecule has 16 heavy (non-hydrogen) atoms. The predicted octanol–water partition coefficient (Wildman–Crippen LogP) is -0.194. The third-order valence-electron chi connectivity index (χ3n) is 4.41. The van der Waals surface area contributed by atoms with Crippen molar-refractivity contribution in [2.45, 2.75) is 25.3 Å². The number of hydrogen-bond acceptors (Lipinski definition) is 3. The molecule has 90 valence electrons. The number of carbonyl (C=O) groups excluding carboxylic acids is 1. The van der Waals surface area contributed by atoms with Gasteiger partial charge in [0.2, 0.25) is 5.91 Å². The van der Waals surface area contributed by atoms with Crippen LogP contribution in [0.1, 0.15) is 19.3 Å². The maximum absolute atomic E-state index is 12.0. The lowest BCUT2D eigenvalue weighted by Crippen LogP contribution is -2.58. The molecule has 4 heterocycles. The van der Waals surface area contributed by atoms with Crippen LogP contribution >= 0.6 is 0 Å². The second-order valence-corrected chi connectivity index (χ2v) is 5.44. The second-order valence-electron chi connectivity index (χ2n) is 5.44. The first-order valence-corrected chi connectivity index (χ1v) is 6.56. The molecule has 2 bridgehead atoms. The number of carbonyl (C=O) groups is 1. The van der Waals surface area contributed by atoms with Crippen molar-refractivity contribution in [3.8, 4) is 0 Å². The molecule has 2 atom stereocenters. The van der Waals surface area contributed by atoms with Gasteiger partial charge in [-0.05, 0) is 44.8 Å². The number of rotatable bonds is 2. The highest BCUT2D eigenvalue weighted by Gasteiger charge is 2.36. The van der Waals surface area contributed by atoms with Gasteiger partial charge < -0.3 is 15.5 Å². The minimum absolute atomic E-state index is 0.218. The molecule has 4 nitrogen and oxygen atoms in total. The highest BCUT2D eigenvalue weighted by molar-refractivity contribution is 5.79. The zero-order valence-corrected chi connectivity index (χ0v) is 9.74. The van der Waals surface area contributed by atoms with E-state index in [-0.39, 0.29) is 11.8 Å². The monoisotopic (exact) mass is 223 g/mol. The Hall–Kier alpha value is -0.610. The van der Waals surface area contributed by atoms with Crippen molar-refractivity contribution in [3.05, 3.63) is 0 Å². The fourth-order valence-electron chi connectivity index (χ4n) is 3.31. The Morgan fingerprint density at radius 3 is 2.62 bits per heavy atom. The summed E-state index contributed by atoms with van der Waals surface area (Å²) in [6.07, 6.45) is 3.55. The molecule has 4 rings (SSSR count). The van der Waals surface area contributed by atoms with Crippen LogP contribution in [0.2, 0.25) is 0 Å². The van der Waals surface area contributed by atoms with Gasteiger partial charge in [0.05, 0.1) is 5.92 Å². The molecule has 4 saturated heterocycles. The number of piperidine rings is 3. The highest BCUT2D eigenvalue weighted by Crippen LogP contribution is 2.27. The summed E-state index contributed by atoms with van der Waals surface area (Å²) in [6, 6.07) is 0.426. The third-order valence-corrected chi connectivity index (χ3v) is 4.41. The van der Waals surface area contributed by atoms with Crippen LogP contribution in [0.25, 0.3) is 0 Å². The predicted molar refractivity (Wildman–Crippen MR) is 62.1 cm³/mol. The van der Waals surface area contributed by atoms with Crippen molar-refractivity contribution in [1.82, 2.24) is 15.5 Å². The number of amides is 1.